The van der Waals surface area contributed by atoms with Crippen molar-refractivity contribution in [2.24, 2.45) is 5.73 Å². The fourth-order valence-corrected chi connectivity index (χ4v) is 2.33. The number of anilines is 1. The Labute approximate surface area is 130 Å². The standard InChI is InChI=1S/C14H18BrF3N2O/c15-11-7-10(14(16,17)18)8-12(9-11)20-13(21)5-3-1-2-4-6-19/h7-9H,1-6,19H2,(H,20,21). The first-order valence-corrected chi connectivity index (χ1v) is 7.50. The van der Waals surface area contributed by atoms with Crippen molar-refractivity contribution < 1.29 is 18.0 Å². The van der Waals surface area contributed by atoms with E-state index in [0.717, 1.165) is 31.4 Å². The number of rotatable bonds is 7. The topological polar surface area (TPSA) is 55.1 Å². The van der Waals surface area contributed by atoms with Crippen LogP contribution in [-0.2, 0) is 11.0 Å². The van der Waals surface area contributed by atoms with Crippen LogP contribution in [0.2, 0.25) is 0 Å². The summed E-state index contributed by atoms with van der Waals surface area (Å²) in [6, 6.07) is 3.35. The van der Waals surface area contributed by atoms with Crippen molar-refractivity contribution in [2.75, 3.05) is 11.9 Å². The molecule has 0 bridgehead atoms. The first-order valence-electron chi connectivity index (χ1n) is 6.70. The largest absolute Gasteiger partial charge is 0.416 e. The lowest BCUT2D eigenvalue weighted by Crippen LogP contribution is -2.13. The number of carbonyl (C=O) groups excluding carboxylic acids is 1. The predicted molar refractivity (Wildman–Crippen MR) is 79.9 cm³/mol. The molecule has 0 radical (unpaired) electrons. The van der Waals surface area contributed by atoms with E-state index in [-0.39, 0.29) is 16.1 Å². The van der Waals surface area contributed by atoms with Crippen molar-refractivity contribution in [3.8, 4) is 0 Å². The molecule has 3 N–H and O–H groups in total. The van der Waals surface area contributed by atoms with Gasteiger partial charge in [-0.15, -0.1) is 0 Å². The summed E-state index contributed by atoms with van der Waals surface area (Å²) in [5.74, 6) is -0.283. The van der Waals surface area contributed by atoms with Crippen LogP contribution in [0, 0.1) is 0 Å². The van der Waals surface area contributed by atoms with E-state index in [1.807, 2.05) is 0 Å². The van der Waals surface area contributed by atoms with E-state index in [1.165, 1.54) is 6.07 Å². The molecule has 1 amide bonds. The molecule has 118 valence electrons. The molecule has 0 spiro atoms. The average Bonchev–Trinajstić information content (AvgIpc) is 2.36. The first-order chi connectivity index (χ1) is 9.82. The third-order valence-corrected chi connectivity index (χ3v) is 3.32. The Morgan fingerprint density at radius 2 is 1.81 bits per heavy atom. The third-order valence-electron chi connectivity index (χ3n) is 2.87. The zero-order valence-electron chi connectivity index (χ0n) is 11.5. The van der Waals surface area contributed by atoms with Crippen molar-refractivity contribution in [3.05, 3.63) is 28.2 Å². The van der Waals surface area contributed by atoms with Gasteiger partial charge in [-0.25, -0.2) is 0 Å². The van der Waals surface area contributed by atoms with Crippen LogP contribution in [0.4, 0.5) is 18.9 Å². The molecule has 0 unspecified atom stereocenters. The molecule has 0 aliphatic heterocycles. The highest BCUT2D eigenvalue weighted by atomic mass is 79.9. The molecule has 0 aliphatic rings. The van der Waals surface area contributed by atoms with Gasteiger partial charge in [0.2, 0.25) is 5.91 Å². The van der Waals surface area contributed by atoms with Crippen molar-refractivity contribution in [1.29, 1.82) is 0 Å². The summed E-state index contributed by atoms with van der Waals surface area (Å²) < 4.78 is 38.3. The molecule has 3 nitrogen and oxygen atoms in total. The summed E-state index contributed by atoms with van der Waals surface area (Å²) in [4.78, 5) is 11.7. The molecule has 0 saturated heterocycles. The van der Waals surface area contributed by atoms with Gasteiger partial charge in [0.1, 0.15) is 0 Å². The molecule has 0 aliphatic carbocycles. The van der Waals surface area contributed by atoms with Gasteiger partial charge in [-0.1, -0.05) is 28.8 Å². The number of benzene rings is 1. The monoisotopic (exact) mass is 366 g/mol. The predicted octanol–water partition coefficient (Wildman–Crippen LogP) is 4.32. The summed E-state index contributed by atoms with van der Waals surface area (Å²) in [6.07, 6.45) is -0.687. The molecule has 1 aromatic rings. The van der Waals surface area contributed by atoms with Gasteiger partial charge in [-0.2, -0.15) is 13.2 Å². The molecule has 0 saturated carbocycles. The van der Waals surface area contributed by atoms with Crippen molar-refractivity contribution in [3.63, 3.8) is 0 Å². The molecule has 0 fully saturated rings. The lowest BCUT2D eigenvalue weighted by atomic mass is 10.1. The highest BCUT2D eigenvalue weighted by Gasteiger charge is 2.31. The second-order valence-electron chi connectivity index (χ2n) is 4.73. The summed E-state index contributed by atoms with van der Waals surface area (Å²) in [7, 11) is 0. The minimum atomic E-state index is -4.44. The molecule has 1 aromatic carbocycles. The zero-order chi connectivity index (χ0) is 15.9. The minimum Gasteiger partial charge on any atom is -0.330 e. The number of amides is 1. The normalized spacial score (nSPS) is 11.5. The van der Waals surface area contributed by atoms with Gasteiger partial charge in [0.25, 0.3) is 0 Å². The van der Waals surface area contributed by atoms with Crippen LogP contribution in [0.15, 0.2) is 22.7 Å². The third kappa shape index (κ3) is 6.95. The van der Waals surface area contributed by atoms with Gasteiger partial charge in [0.15, 0.2) is 0 Å². The molecule has 0 heterocycles. The zero-order valence-corrected chi connectivity index (χ0v) is 13.1. The van der Waals surface area contributed by atoms with Gasteiger partial charge >= 0.3 is 6.18 Å². The van der Waals surface area contributed by atoms with E-state index in [1.54, 1.807) is 0 Å². The van der Waals surface area contributed by atoms with Gasteiger partial charge in [0, 0.05) is 16.6 Å². The number of hydrogen-bond donors (Lipinski definition) is 2. The highest BCUT2D eigenvalue weighted by molar-refractivity contribution is 9.10. The summed E-state index contributed by atoms with van der Waals surface area (Å²) in [6.45, 7) is 0.629. The van der Waals surface area contributed by atoms with Gasteiger partial charge in [-0.05, 0) is 37.6 Å². The maximum atomic E-state index is 12.7. The lowest BCUT2D eigenvalue weighted by molar-refractivity contribution is -0.137. The van der Waals surface area contributed by atoms with E-state index in [0.29, 0.717) is 19.4 Å². The minimum absolute atomic E-state index is 0.142. The van der Waals surface area contributed by atoms with Crippen LogP contribution in [-0.4, -0.2) is 12.5 Å². The second kappa shape index (κ2) is 8.38. The summed E-state index contributed by atoms with van der Waals surface area (Å²) >= 11 is 3.01. The second-order valence-corrected chi connectivity index (χ2v) is 5.64. The van der Waals surface area contributed by atoms with Crippen LogP contribution in [0.25, 0.3) is 0 Å². The fraction of sp³-hybridized carbons (Fsp3) is 0.500. The number of alkyl halides is 3. The van der Waals surface area contributed by atoms with Crippen molar-refractivity contribution in [2.45, 2.75) is 38.3 Å². The van der Waals surface area contributed by atoms with Crippen molar-refractivity contribution in [1.82, 2.24) is 0 Å². The number of carbonyl (C=O) groups is 1. The summed E-state index contributed by atoms with van der Waals surface area (Å²) in [5.41, 5.74) is 4.71. The van der Waals surface area contributed by atoms with E-state index in [2.05, 4.69) is 21.2 Å². The molecular weight excluding hydrogens is 349 g/mol. The van der Waals surface area contributed by atoms with Crippen LogP contribution >= 0.6 is 15.9 Å². The quantitative estimate of drug-likeness (QED) is 0.706. The van der Waals surface area contributed by atoms with E-state index >= 15 is 0 Å². The Hall–Kier alpha value is -1.08. The number of nitrogens with one attached hydrogen (secondary N) is 1. The SMILES string of the molecule is NCCCCCCC(=O)Nc1cc(Br)cc(C(F)(F)F)c1. The number of nitrogens with two attached hydrogens (primary N) is 1. The van der Waals surface area contributed by atoms with Crippen LogP contribution in [0.3, 0.4) is 0 Å². The van der Waals surface area contributed by atoms with Crippen molar-refractivity contribution >= 4 is 27.5 Å². The van der Waals surface area contributed by atoms with Crippen LogP contribution in [0.1, 0.15) is 37.7 Å². The Kier molecular flexibility index (Phi) is 7.17. The molecule has 21 heavy (non-hydrogen) atoms. The van der Waals surface area contributed by atoms with E-state index < -0.39 is 11.7 Å². The van der Waals surface area contributed by atoms with Crippen LogP contribution in [0.5, 0.6) is 0 Å². The molecule has 1 rings (SSSR count). The maximum Gasteiger partial charge on any atom is 0.416 e. The van der Waals surface area contributed by atoms with Crippen LogP contribution < -0.4 is 11.1 Å². The molecular formula is C14H18BrF3N2O. The Balaban J connectivity index is 2.54. The summed E-state index contributed by atoms with van der Waals surface area (Å²) in [5, 5.41) is 2.49. The maximum absolute atomic E-state index is 12.7. The Morgan fingerprint density at radius 3 is 2.43 bits per heavy atom. The lowest BCUT2D eigenvalue weighted by Gasteiger charge is -2.11. The van der Waals surface area contributed by atoms with Gasteiger partial charge < -0.3 is 11.1 Å². The number of halogens is 4. The number of hydrogen-bond acceptors (Lipinski definition) is 2. The first kappa shape index (κ1) is 18.0. The van der Waals surface area contributed by atoms with Gasteiger partial charge in [0.05, 0.1) is 5.56 Å². The smallest absolute Gasteiger partial charge is 0.330 e. The highest BCUT2D eigenvalue weighted by Crippen LogP contribution is 2.33. The van der Waals surface area contributed by atoms with E-state index in [4.69, 9.17) is 5.73 Å². The van der Waals surface area contributed by atoms with E-state index in [9.17, 15) is 18.0 Å². The molecule has 0 aromatic heterocycles. The van der Waals surface area contributed by atoms with Gasteiger partial charge in [-0.3, -0.25) is 4.79 Å². The number of unbranched alkanes of at least 4 members (excludes halogenated alkanes) is 3. The fourth-order valence-electron chi connectivity index (χ4n) is 1.83. The average molecular weight is 367 g/mol. The molecule has 7 heteroatoms. The Morgan fingerprint density at radius 1 is 1.14 bits per heavy atom. The molecule has 0 atom stereocenters. The Bertz CT molecular complexity index is 478.